The van der Waals surface area contributed by atoms with E-state index in [2.05, 4.69) is 0 Å². The van der Waals surface area contributed by atoms with Gasteiger partial charge in [-0.15, -0.1) is 11.3 Å². The molecular formula is C40H33BClFN4O7S. The molecule has 15 heteroatoms. The number of carbonyl (C=O) groups excluding carboxylic acids is 4. The monoisotopic (exact) mass is 778 g/mol. The maximum Gasteiger partial charge on any atom is 0.488 e. The van der Waals surface area contributed by atoms with Gasteiger partial charge in [-0.25, -0.2) is 9.29 Å². The van der Waals surface area contributed by atoms with E-state index in [0.29, 0.717) is 16.3 Å². The van der Waals surface area contributed by atoms with Crippen molar-refractivity contribution in [2.75, 3.05) is 9.80 Å². The van der Waals surface area contributed by atoms with Gasteiger partial charge in [0.1, 0.15) is 11.5 Å². The highest BCUT2D eigenvalue weighted by Gasteiger charge is 2.68. The van der Waals surface area contributed by atoms with Crippen LogP contribution in [0.15, 0.2) is 78.4 Å². The molecule has 278 valence electrons. The highest BCUT2D eigenvalue weighted by molar-refractivity contribution is 7.22. The Kier molecular flexibility index (Phi) is 8.04. The van der Waals surface area contributed by atoms with Gasteiger partial charge >= 0.3 is 7.12 Å². The number of fused-ring (bicyclic) bond motifs is 5. The zero-order valence-electron chi connectivity index (χ0n) is 29.7. The SMILES string of the molecule is Cc1c(-c2cc(N3C(=O)[C@@H]4C[C@@H]5C(=CC[C@@H]6C(=O)N(c7cccc(B(O)O)c7)C(=O)[C@@H]65)[C@H](c5cccc(F)c5O)[C@]4(C)C3=O)n(C)n2)sc2ccc(Cl)cc12. The van der Waals surface area contributed by atoms with E-state index < -0.39 is 77.3 Å². The van der Waals surface area contributed by atoms with Crippen molar-refractivity contribution in [3.05, 3.63) is 100 Å². The van der Waals surface area contributed by atoms with Crippen molar-refractivity contribution in [1.82, 2.24) is 9.78 Å². The zero-order chi connectivity index (χ0) is 38.8. The Bertz CT molecular complexity index is 2570. The van der Waals surface area contributed by atoms with Crippen molar-refractivity contribution in [2.24, 2.45) is 36.1 Å². The van der Waals surface area contributed by atoms with E-state index >= 15 is 9.18 Å². The average Bonchev–Trinajstić information content (AvgIpc) is 3.83. The molecule has 6 atom stereocenters. The topological polar surface area (TPSA) is 153 Å². The normalized spacial score (nSPS) is 26.1. The summed E-state index contributed by atoms with van der Waals surface area (Å²) in [5.41, 5.74) is 0.942. The number of carbonyl (C=O) groups is 4. The molecule has 2 aliphatic heterocycles. The number of imide groups is 2. The number of aromatic nitrogens is 2. The van der Waals surface area contributed by atoms with Crippen LogP contribution in [0.2, 0.25) is 5.02 Å². The van der Waals surface area contributed by atoms with E-state index in [-0.39, 0.29) is 35.4 Å². The van der Waals surface area contributed by atoms with Crippen LogP contribution in [0.25, 0.3) is 20.7 Å². The largest absolute Gasteiger partial charge is 0.505 e. The molecule has 0 spiro atoms. The Labute approximate surface area is 323 Å². The molecule has 9 rings (SSSR count). The molecule has 11 nitrogen and oxygen atoms in total. The van der Waals surface area contributed by atoms with Crippen LogP contribution in [0, 0.1) is 41.8 Å². The molecule has 4 heterocycles. The van der Waals surface area contributed by atoms with Gasteiger partial charge in [-0.3, -0.25) is 28.8 Å². The summed E-state index contributed by atoms with van der Waals surface area (Å²) in [6.07, 6.45) is 1.98. The van der Waals surface area contributed by atoms with Gasteiger partial charge in [0.15, 0.2) is 11.6 Å². The summed E-state index contributed by atoms with van der Waals surface area (Å²) in [5.74, 6) is -7.89. The van der Waals surface area contributed by atoms with Gasteiger partial charge < -0.3 is 15.2 Å². The molecule has 5 aromatic rings. The number of phenolic OH excluding ortho intramolecular Hbond substituents is 1. The third-order valence-corrected chi connectivity index (χ3v) is 13.8. The van der Waals surface area contributed by atoms with E-state index in [0.717, 1.165) is 36.4 Å². The van der Waals surface area contributed by atoms with Crippen LogP contribution in [0.3, 0.4) is 0 Å². The summed E-state index contributed by atoms with van der Waals surface area (Å²) >= 11 is 7.80. The van der Waals surface area contributed by atoms with Gasteiger partial charge in [-0.1, -0.05) is 47.5 Å². The van der Waals surface area contributed by atoms with E-state index in [4.69, 9.17) is 16.7 Å². The van der Waals surface area contributed by atoms with Crippen molar-refractivity contribution in [1.29, 1.82) is 0 Å². The molecule has 2 saturated heterocycles. The van der Waals surface area contributed by atoms with Gasteiger partial charge in [-0.05, 0) is 85.4 Å². The number of benzene rings is 3. The predicted octanol–water partition coefficient (Wildman–Crippen LogP) is 5.22. The molecule has 3 aromatic carbocycles. The minimum atomic E-state index is -1.82. The second kappa shape index (κ2) is 12.4. The molecule has 3 N–H and O–H groups in total. The summed E-state index contributed by atoms with van der Waals surface area (Å²) in [7, 11) is -0.176. The van der Waals surface area contributed by atoms with Crippen molar-refractivity contribution in [3.8, 4) is 16.3 Å². The first kappa shape index (κ1) is 35.6. The number of halogens is 2. The molecule has 2 aromatic heterocycles. The Balaban J connectivity index is 1.15. The van der Waals surface area contributed by atoms with Crippen LogP contribution in [0.4, 0.5) is 15.9 Å². The van der Waals surface area contributed by atoms with Gasteiger partial charge in [0, 0.05) is 34.3 Å². The number of rotatable bonds is 5. The first-order chi connectivity index (χ1) is 26.2. The summed E-state index contributed by atoms with van der Waals surface area (Å²) in [6, 6.07) is 17.3. The summed E-state index contributed by atoms with van der Waals surface area (Å²) in [4.78, 5) is 61.2. The molecular weight excluding hydrogens is 746 g/mol. The maximum absolute atomic E-state index is 15.2. The molecule has 0 radical (unpaired) electrons. The maximum atomic E-state index is 15.2. The lowest BCUT2D eigenvalue weighted by atomic mass is 9.51. The molecule has 4 amide bonds. The fourth-order valence-corrected chi connectivity index (χ4v) is 11.0. The zero-order valence-corrected chi connectivity index (χ0v) is 31.3. The van der Waals surface area contributed by atoms with E-state index in [1.54, 1.807) is 20.0 Å². The summed E-state index contributed by atoms with van der Waals surface area (Å²) < 4.78 is 17.6. The summed E-state index contributed by atoms with van der Waals surface area (Å²) in [6.45, 7) is 3.62. The quantitative estimate of drug-likeness (QED) is 0.125. The minimum absolute atomic E-state index is 0.0420. The lowest BCUT2D eigenvalue weighted by molar-refractivity contribution is -0.131. The molecule has 1 saturated carbocycles. The van der Waals surface area contributed by atoms with Crippen molar-refractivity contribution >= 4 is 80.7 Å². The highest BCUT2D eigenvalue weighted by atomic mass is 35.5. The van der Waals surface area contributed by atoms with Gasteiger partial charge in [0.05, 0.1) is 33.7 Å². The van der Waals surface area contributed by atoms with Gasteiger partial charge in [0.25, 0.3) is 0 Å². The molecule has 3 fully saturated rings. The summed E-state index contributed by atoms with van der Waals surface area (Å²) in [5, 5.41) is 37.1. The Morgan fingerprint density at radius 1 is 0.964 bits per heavy atom. The van der Waals surface area contributed by atoms with Crippen molar-refractivity contribution < 1.29 is 38.7 Å². The number of amides is 4. The Morgan fingerprint density at radius 3 is 2.49 bits per heavy atom. The Hall–Kier alpha value is -5.15. The molecule has 0 bridgehead atoms. The minimum Gasteiger partial charge on any atom is -0.505 e. The number of anilines is 2. The third-order valence-electron chi connectivity index (χ3n) is 12.2. The molecule has 2 aliphatic carbocycles. The third kappa shape index (κ3) is 4.97. The highest BCUT2D eigenvalue weighted by Crippen LogP contribution is 2.64. The number of para-hydroxylation sites is 1. The van der Waals surface area contributed by atoms with E-state index in [1.165, 1.54) is 52.4 Å². The fraction of sp³-hybridized carbons (Fsp3) is 0.275. The predicted molar refractivity (Wildman–Crippen MR) is 205 cm³/mol. The Morgan fingerprint density at radius 2 is 1.73 bits per heavy atom. The molecule has 4 aliphatic rings. The number of nitrogens with zero attached hydrogens (tertiary/aromatic N) is 4. The van der Waals surface area contributed by atoms with Gasteiger partial charge in [-0.2, -0.15) is 5.10 Å². The van der Waals surface area contributed by atoms with Crippen molar-refractivity contribution in [3.63, 3.8) is 0 Å². The van der Waals surface area contributed by atoms with Crippen LogP contribution in [-0.2, 0) is 26.2 Å². The smallest absolute Gasteiger partial charge is 0.488 e. The number of hydrogen-bond donors (Lipinski definition) is 3. The number of hydrogen-bond acceptors (Lipinski definition) is 9. The van der Waals surface area contributed by atoms with Crippen LogP contribution in [-0.4, -0.2) is 55.7 Å². The fourth-order valence-electron chi connectivity index (χ4n) is 9.64. The number of allylic oxidation sites excluding steroid dienone is 2. The number of thiophene rings is 1. The first-order valence-electron chi connectivity index (χ1n) is 17.8. The van der Waals surface area contributed by atoms with Crippen LogP contribution < -0.4 is 15.3 Å². The number of aromatic hydroxyl groups is 1. The second-order valence-corrected chi connectivity index (χ2v) is 16.5. The van der Waals surface area contributed by atoms with Crippen LogP contribution in [0.5, 0.6) is 5.75 Å². The molecule has 55 heavy (non-hydrogen) atoms. The second-order valence-electron chi connectivity index (χ2n) is 15.0. The lowest BCUT2D eigenvalue weighted by Crippen LogP contribution is -2.49. The number of aryl methyl sites for hydroxylation is 2. The number of phenols is 1. The molecule has 0 unspecified atom stereocenters. The van der Waals surface area contributed by atoms with Crippen LogP contribution in [0.1, 0.15) is 36.8 Å². The van der Waals surface area contributed by atoms with Gasteiger partial charge in [0.2, 0.25) is 23.6 Å². The van der Waals surface area contributed by atoms with E-state index in [9.17, 15) is 29.5 Å². The lowest BCUT2D eigenvalue weighted by Gasteiger charge is -2.49. The van der Waals surface area contributed by atoms with Crippen molar-refractivity contribution in [2.45, 2.75) is 32.6 Å². The first-order valence-corrected chi connectivity index (χ1v) is 19.0. The van der Waals surface area contributed by atoms with Crippen LogP contribution >= 0.6 is 22.9 Å². The standard InChI is InChI=1S/C40H33BClFN4O7S/c1-18-25-15-20(42)10-13-30(25)55-35(18)29-17-31(45(3)44-29)47-37(50)27-16-26-22(33(40(27,2)39(47)52)24-8-5-9-28(43)34(24)48)11-12-23-32(26)38(51)46(36(23)49)21-7-4-6-19(14-21)41(53)54/h4-11,13-15,17,23,26-27,32-33,48,53-54H,12,16H2,1-3H3/t23-,26+,27-,32-,33+,40+/m0/s1. The van der Waals surface area contributed by atoms with E-state index in [1.807, 2.05) is 31.2 Å². The average molecular weight is 779 g/mol.